The van der Waals surface area contributed by atoms with Gasteiger partial charge in [0.1, 0.15) is 5.58 Å². The maximum atomic E-state index is 5.84. The van der Waals surface area contributed by atoms with Gasteiger partial charge in [-0.15, -0.1) is 0 Å². The number of fused-ring (bicyclic) bond motifs is 5. The molecule has 0 unspecified atom stereocenters. The second-order valence-corrected chi connectivity index (χ2v) is 6.92. The van der Waals surface area contributed by atoms with Gasteiger partial charge in [-0.05, 0) is 36.4 Å². The summed E-state index contributed by atoms with van der Waals surface area (Å²) in [5, 5.41) is 3.45. The van der Waals surface area contributed by atoms with Crippen LogP contribution in [0.4, 0.5) is 0 Å². The molecule has 0 fully saturated rings. The molecule has 3 nitrogen and oxygen atoms in total. The van der Waals surface area contributed by atoms with Crippen LogP contribution in [0.15, 0.2) is 102 Å². The fraction of sp³-hybridized carbons (Fsp3) is 0. The smallest absolute Gasteiger partial charge is 0.143 e. The fourth-order valence-electron chi connectivity index (χ4n) is 4.05. The molecule has 28 heavy (non-hydrogen) atoms. The zero-order chi connectivity index (χ0) is 18.5. The van der Waals surface area contributed by atoms with Gasteiger partial charge in [0.25, 0.3) is 0 Å². The number of furan rings is 1. The Hall–Kier alpha value is -3.85. The minimum absolute atomic E-state index is 0.932. The van der Waals surface area contributed by atoms with Gasteiger partial charge in [0.05, 0.1) is 40.3 Å². The maximum absolute atomic E-state index is 5.84. The van der Waals surface area contributed by atoms with Gasteiger partial charge < -0.3 is 8.98 Å². The lowest BCUT2D eigenvalue weighted by atomic mass is 10.1. The van der Waals surface area contributed by atoms with E-state index in [-0.39, 0.29) is 0 Å². The quantitative estimate of drug-likeness (QED) is 0.349. The van der Waals surface area contributed by atoms with E-state index in [1.54, 1.807) is 6.26 Å². The number of para-hydroxylation sites is 1. The summed E-state index contributed by atoms with van der Waals surface area (Å²) in [6.45, 7) is 0. The first-order valence-electron chi connectivity index (χ1n) is 9.31. The van der Waals surface area contributed by atoms with Gasteiger partial charge in [0.2, 0.25) is 0 Å². The number of benzene rings is 3. The average molecular weight is 360 g/mol. The molecule has 0 radical (unpaired) electrons. The van der Waals surface area contributed by atoms with Crippen LogP contribution in [-0.4, -0.2) is 9.55 Å². The van der Waals surface area contributed by atoms with Gasteiger partial charge >= 0.3 is 0 Å². The molecule has 6 rings (SSSR count). The Morgan fingerprint density at radius 3 is 2.43 bits per heavy atom. The summed E-state index contributed by atoms with van der Waals surface area (Å²) in [6.07, 6.45) is 3.70. The molecular formula is C25H16N2O. The molecule has 0 saturated carbocycles. The predicted molar refractivity (Wildman–Crippen MR) is 114 cm³/mol. The van der Waals surface area contributed by atoms with E-state index in [9.17, 15) is 0 Å². The molecule has 0 amide bonds. The van der Waals surface area contributed by atoms with E-state index < -0.39 is 0 Å². The third-order valence-electron chi connectivity index (χ3n) is 5.33. The SMILES string of the molecule is c1ccc(-c2ccc(-n3c4ccccc4c4c5occc5ccc43)cn2)cc1. The summed E-state index contributed by atoms with van der Waals surface area (Å²) in [5.41, 5.74) is 6.33. The van der Waals surface area contributed by atoms with E-state index in [1.807, 2.05) is 30.5 Å². The first-order valence-corrected chi connectivity index (χ1v) is 9.31. The zero-order valence-electron chi connectivity index (χ0n) is 15.0. The number of hydrogen-bond donors (Lipinski definition) is 0. The lowest BCUT2D eigenvalue weighted by Crippen LogP contribution is -1.95. The standard InChI is InChI=1S/C25H16N2O/c1-2-6-17(7-3-1)21-12-11-19(16-26-21)27-22-9-5-4-8-20(22)24-23(27)13-10-18-14-15-28-25(18)24/h1-16H. The topological polar surface area (TPSA) is 31.0 Å². The molecule has 3 aromatic carbocycles. The van der Waals surface area contributed by atoms with Crippen LogP contribution in [0.25, 0.3) is 49.7 Å². The molecule has 0 spiro atoms. The van der Waals surface area contributed by atoms with Crippen molar-refractivity contribution in [1.82, 2.24) is 9.55 Å². The summed E-state index contributed by atoms with van der Waals surface area (Å²) in [7, 11) is 0. The highest BCUT2D eigenvalue weighted by Crippen LogP contribution is 2.37. The van der Waals surface area contributed by atoms with E-state index in [4.69, 9.17) is 9.40 Å². The number of hydrogen-bond acceptors (Lipinski definition) is 2. The van der Waals surface area contributed by atoms with Crippen LogP contribution in [0.2, 0.25) is 0 Å². The highest BCUT2D eigenvalue weighted by Gasteiger charge is 2.16. The van der Waals surface area contributed by atoms with E-state index in [2.05, 4.69) is 65.2 Å². The predicted octanol–water partition coefficient (Wildman–Crippen LogP) is 6.59. The molecule has 132 valence electrons. The van der Waals surface area contributed by atoms with Gasteiger partial charge in [-0.25, -0.2) is 0 Å². The first-order chi connectivity index (χ1) is 13.9. The Kier molecular flexibility index (Phi) is 3.17. The zero-order valence-corrected chi connectivity index (χ0v) is 15.0. The minimum atomic E-state index is 0.932. The number of pyridine rings is 1. The van der Waals surface area contributed by atoms with Gasteiger partial charge in [0.15, 0.2) is 0 Å². The third kappa shape index (κ3) is 2.13. The molecule has 3 heterocycles. The van der Waals surface area contributed by atoms with E-state index in [0.717, 1.165) is 44.3 Å². The van der Waals surface area contributed by atoms with Crippen molar-refractivity contribution in [3.63, 3.8) is 0 Å². The highest BCUT2D eigenvalue weighted by molar-refractivity contribution is 6.19. The summed E-state index contributed by atoms with van der Waals surface area (Å²) >= 11 is 0. The largest absolute Gasteiger partial charge is 0.464 e. The molecule has 0 N–H and O–H groups in total. The Bertz CT molecular complexity index is 1440. The van der Waals surface area contributed by atoms with Crippen LogP contribution < -0.4 is 0 Å². The van der Waals surface area contributed by atoms with Crippen molar-refractivity contribution in [1.29, 1.82) is 0 Å². The van der Waals surface area contributed by atoms with Crippen LogP contribution in [0.5, 0.6) is 0 Å². The van der Waals surface area contributed by atoms with Crippen molar-refractivity contribution in [3.05, 3.63) is 97.4 Å². The number of aromatic nitrogens is 2. The van der Waals surface area contributed by atoms with Crippen LogP contribution in [0.3, 0.4) is 0 Å². The Balaban J connectivity index is 1.63. The van der Waals surface area contributed by atoms with Gasteiger partial charge in [-0.3, -0.25) is 4.98 Å². The molecular weight excluding hydrogens is 344 g/mol. The van der Waals surface area contributed by atoms with Crippen LogP contribution in [-0.2, 0) is 0 Å². The molecule has 0 atom stereocenters. The monoisotopic (exact) mass is 360 g/mol. The van der Waals surface area contributed by atoms with Crippen molar-refractivity contribution < 1.29 is 4.42 Å². The number of rotatable bonds is 2. The van der Waals surface area contributed by atoms with Crippen LogP contribution in [0, 0.1) is 0 Å². The molecule has 0 bridgehead atoms. The van der Waals surface area contributed by atoms with Crippen LogP contribution in [0.1, 0.15) is 0 Å². The van der Waals surface area contributed by atoms with E-state index in [0.29, 0.717) is 0 Å². The summed E-state index contributed by atoms with van der Waals surface area (Å²) in [6, 6.07) is 29.2. The first kappa shape index (κ1) is 15.2. The summed E-state index contributed by atoms with van der Waals surface area (Å²) in [5.74, 6) is 0. The molecule has 0 aliphatic carbocycles. The maximum Gasteiger partial charge on any atom is 0.143 e. The van der Waals surface area contributed by atoms with Crippen molar-refractivity contribution >= 4 is 32.8 Å². The summed E-state index contributed by atoms with van der Waals surface area (Å²) in [4.78, 5) is 4.73. The number of nitrogens with zero attached hydrogens (tertiary/aromatic N) is 2. The molecule has 6 aromatic rings. The Morgan fingerprint density at radius 1 is 0.714 bits per heavy atom. The third-order valence-corrected chi connectivity index (χ3v) is 5.33. The lowest BCUT2D eigenvalue weighted by molar-refractivity contribution is 0.619. The second kappa shape index (κ2) is 5.83. The van der Waals surface area contributed by atoms with Crippen LogP contribution >= 0.6 is 0 Å². The normalized spacial score (nSPS) is 11.6. The lowest BCUT2D eigenvalue weighted by Gasteiger charge is -2.08. The minimum Gasteiger partial charge on any atom is -0.464 e. The average Bonchev–Trinajstić information content (AvgIpc) is 3.36. The fourth-order valence-corrected chi connectivity index (χ4v) is 4.05. The summed E-state index contributed by atoms with van der Waals surface area (Å²) < 4.78 is 8.09. The molecule has 3 heteroatoms. The molecule has 3 aromatic heterocycles. The van der Waals surface area contributed by atoms with Gasteiger partial charge in [0, 0.05) is 16.3 Å². The molecule has 0 aliphatic rings. The van der Waals surface area contributed by atoms with Crippen molar-refractivity contribution in [2.45, 2.75) is 0 Å². The Morgan fingerprint density at radius 2 is 1.57 bits per heavy atom. The van der Waals surface area contributed by atoms with Crippen molar-refractivity contribution in [3.8, 4) is 16.9 Å². The molecule has 0 aliphatic heterocycles. The Labute approximate surface area is 161 Å². The van der Waals surface area contributed by atoms with Crippen molar-refractivity contribution in [2.75, 3.05) is 0 Å². The van der Waals surface area contributed by atoms with Gasteiger partial charge in [-0.1, -0.05) is 48.5 Å². The van der Waals surface area contributed by atoms with Gasteiger partial charge in [-0.2, -0.15) is 0 Å². The van der Waals surface area contributed by atoms with E-state index >= 15 is 0 Å². The van der Waals surface area contributed by atoms with E-state index in [1.165, 1.54) is 5.39 Å². The molecule has 0 saturated heterocycles. The van der Waals surface area contributed by atoms with Crippen molar-refractivity contribution in [2.24, 2.45) is 0 Å². The highest BCUT2D eigenvalue weighted by atomic mass is 16.3. The second-order valence-electron chi connectivity index (χ2n) is 6.92.